The molecule has 4 rings (SSSR count). The fourth-order valence-electron chi connectivity index (χ4n) is 3.07. The van der Waals surface area contributed by atoms with Crippen molar-refractivity contribution in [3.8, 4) is 0 Å². The summed E-state index contributed by atoms with van der Waals surface area (Å²) in [5.74, 6) is 0.466. The van der Waals surface area contributed by atoms with Crippen LogP contribution in [0.4, 0.5) is 17.3 Å². The van der Waals surface area contributed by atoms with Gasteiger partial charge in [0, 0.05) is 24.3 Å². The Kier molecular flexibility index (Phi) is 6.58. The third-order valence-electron chi connectivity index (χ3n) is 4.50. The topological polar surface area (TPSA) is 115 Å². The van der Waals surface area contributed by atoms with Crippen LogP contribution in [0.15, 0.2) is 64.9 Å². The molecule has 0 spiro atoms. The summed E-state index contributed by atoms with van der Waals surface area (Å²) in [6.45, 7) is 0.711. The molecule has 2 aromatic carbocycles. The predicted octanol–water partition coefficient (Wildman–Crippen LogP) is 3.11. The second-order valence-electron chi connectivity index (χ2n) is 6.78. The Labute approximate surface area is 183 Å². The molecule has 0 aliphatic carbocycles. The lowest BCUT2D eigenvalue weighted by molar-refractivity contribution is -0.117. The number of aromatic amines is 1. The van der Waals surface area contributed by atoms with E-state index in [1.165, 1.54) is 11.8 Å². The van der Waals surface area contributed by atoms with E-state index >= 15 is 0 Å². The van der Waals surface area contributed by atoms with Crippen molar-refractivity contribution in [1.29, 1.82) is 0 Å². The van der Waals surface area contributed by atoms with Crippen LogP contribution >= 0.6 is 11.8 Å². The van der Waals surface area contributed by atoms with Gasteiger partial charge in [0.1, 0.15) is 0 Å². The van der Waals surface area contributed by atoms with E-state index in [4.69, 9.17) is 0 Å². The number of hydrogen-bond donors (Lipinski definition) is 3. The number of rotatable bonds is 8. The van der Waals surface area contributed by atoms with Crippen molar-refractivity contribution < 1.29 is 9.59 Å². The lowest BCUT2D eigenvalue weighted by atomic mass is 10.2. The lowest BCUT2D eigenvalue weighted by Gasteiger charge is -2.16. The molecule has 31 heavy (non-hydrogen) atoms. The molecule has 10 heteroatoms. The summed E-state index contributed by atoms with van der Waals surface area (Å²) in [5, 5.41) is 14.2. The summed E-state index contributed by atoms with van der Waals surface area (Å²) in [4.78, 5) is 30.2. The van der Waals surface area contributed by atoms with Gasteiger partial charge in [0.25, 0.3) is 0 Å². The molecule has 0 atom stereocenters. The van der Waals surface area contributed by atoms with Crippen LogP contribution < -0.4 is 15.6 Å². The number of benzene rings is 2. The van der Waals surface area contributed by atoms with E-state index in [0.717, 1.165) is 17.7 Å². The third-order valence-corrected chi connectivity index (χ3v) is 5.34. The van der Waals surface area contributed by atoms with Gasteiger partial charge < -0.3 is 10.2 Å². The SMILES string of the molecule is O=C(CSc1n[nH]c(N/N=C\c2ccccc2)n1)Nc1cccc(N2CCCC2=O)c1. The smallest absolute Gasteiger partial charge is 0.240 e. The normalized spacial score (nSPS) is 13.7. The van der Waals surface area contributed by atoms with Crippen molar-refractivity contribution in [3.05, 3.63) is 60.2 Å². The highest BCUT2D eigenvalue weighted by Crippen LogP contribution is 2.24. The molecule has 0 unspecified atom stereocenters. The molecule has 0 radical (unpaired) electrons. The fraction of sp³-hybridized carbons (Fsp3) is 0.190. The Morgan fingerprint density at radius 2 is 2.10 bits per heavy atom. The monoisotopic (exact) mass is 435 g/mol. The van der Waals surface area contributed by atoms with E-state index in [2.05, 4.69) is 31.0 Å². The highest BCUT2D eigenvalue weighted by molar-refractivity contribution is 7.99. The van der Waals surface area contributed by atoms with Crippen molar-refractivity contribution >= 4 is 47.1 Å². The van der Waals surface area contributed by atoms with Crippen LogP contribution in [-0.2, 0) is 9.59 Å². The zero-order valence-electron chi connectivity index (χ0n) is 16.6. The number of carbonyl (C=O) groups is 2. The number of aromatic nitrogens is 3. The maximum Gasteiger partial charge on any atom is 0.240 e. The Morgan fingerprint density at radius 3 is 2.90 bits per heavy atom. The van der Waals surface area contributed by atoms with Gasteiger partial charge in [-0.15, -0.1) is 5.10 Å². The van der Waals surface area contributed by atoms with Crippen LogP contribution in [0, 0.1) is 0 Å². The molecule has 1 saturated heterocycles. The minimum absolute atomic E-state index is 0.112. The van der Waals surface area contributed by atoms with Crippen LogP contribution in [-0.4, -0.2) is 45.5 Å². The molecule has 2 heterocycles. The van der Waals surface area contributed by atoms with Crippen LogP contribution in [0.25, 0.3) is 0 Å². The van der Waals surface area contributed by atoms with E-state index in [9.17, 15) is 9.59 Å². The van der Waals surface area contributed by atoms with Crippen molar-refractivity contribution in [2.45, 2.75) is 18.0 Å². The first kappa shape index (κ1) is 20.6. The fourth-order valence-corrected chi connectivity index (χ4v) is 3.67. The standard InChI is InChI=1S/C21H21N7O2S/c29-18(23-16-8-4-9-17(12-16)28-11-5-10-19(28)30)14-31-21-24-20(26-27-21)25-22-13-15-6-2-1-3-7-15/h1-4,6-9,12-13H,5,10-11,14H2,(H,23,29)(H2,24,25,26,27)/b22-13-. The summed E-state index contributed by atoms with van der Waals surface area (Å²) < 4.78 is 0. The first-order chi connectivity index (χ1) is 15.2. The molecule has 0 saturated carbocycles. The summed E-state index contributed by atoms with van der Waals surface area (Å²) in [5.41, 5.74) is 5.18. The molecular formula is C21H21N7O2S. The molecule has 3 aromatic rings. The average Bonchev–Trinajstić information content (AvgIpc) is 3.42. The maximum atomic E-state index is 12.3. The second kappa shape index (κ2) is 9.90. The van der Waals surface area contributed by atoms with Gasteiger partial charge in [-0.1, -0.05) is 48.2 Å². The largest absolute Gasteiger partial charge is 0.325 e. The van der Waals surface area contributed by atoms with Gasteiger partial charge in [-0.2, -0.15) is 10.1 Å². The predicted molar refractivity (Wildman–Crippen MR) is 121 cm³/mol. The summed E-state index contributed by atoms with van der Waals surface area (Å²) in [6, 6.07) is 17.0. The van der Waals surface area contributed by atoms with Crippen molar-refractivity contribution in [2.24, 2.45) is 5.10 Å². The van der Waals surface area contributed by atoms with E-state index < -0.39 is 0 Å². The number of amides is 2. The summed E-state index contributed by atoms with van der Waals surface area (Å²) in [6.07, 6.45) is 3.10. The van der Waals surface area contributed by atoms with E-state index in [1.807, 2.05) is 48.5 Å². The van der Waals surface area contributed by atoms with Gasteiger partial charge in [-0.05, 0) is 30.2 Å². The molecule has 158 valence electrons. The summed E-state index contributed by atoms with van der Waals surface area (Å²) in [7, 11) is 0. The zero-order valence-corrected chi connectivity index (χ0v) is 17.4. The first-order valence-corrected chi connectivity index (χ1v) is 10.8. The third kappa shape index (κ3) is 5.70. The van der Waals surface area contributed by atoms with E-state index in [-0.39, 0.29) is 17.6 Å². The molecule has 0 bridgehead atoms. The molecule has 1 aliphatic heterocycles. The van der Waals surface area contributed by atoms with E-state index in [1.54, 1.807) is 17.2 Å². The summed E-state index contributed by atoms with van der Waals surface area (Å²) >= 11 is 1.21. The Morgan fingerprint density at radius 1 is 1.23 bits per heavy atom. The highest BCUT2D eigenvalue weighted by atomic mass is 32.2. The number of nitrogens with one attached hydrogen (secondary N) is 3. The molecule has 1 aliphatic rings. The van der Waals surface area contributed by atoms with Gasteiger partial charge >= 0.3 is 0 Å². The van der Waals surface area contributed by atoms with Crippen LogP contribution in [0.1, 0.15) is 18.4 Å². The zero-order chi connectivity index (χ0) is 21.5. The number of hydrazone groups is 1. The maximum absolute atomic E-state index is 12.3. The van der Waals surface area contributed by atoms with Crippen LogP contribution in [0.5, 0.6) is 0 Å². The number of anilines is 3. The van der Waals surface area contributed by atoms with Gasteiger partial charge in [-0.25, -0.2) is 10.5 Å². The van der Waals surface area contributed by atoms with Crippen molar-refractivity contribution in [3.63, 3.8) is 0 Å². The second-order valence-corrected chi connectivity index (χ2v) is 7.73. The Hall–Kier alpha value is -3.66. The van der Waals surface area contributed by atoms with E-state index in [0.29, 0.717) is 29.8 Å². The number of hydrogen-bond acceptors (Lipinski definition) is 7. The molecule has 1 aromatic heterocycles. The Balaban J connectivity index is 1.26. The highest BCUT2D eigenvalue weighted by Gasteiger charge is 2.21. The minimum atomic E-state index is -0.184. The van der Waals surface area contributed by atoms with Gasteiger partial charge in [0.15, 0.2) is 0 Å². The molecule has 3 N–H and O–H groups in total. The lowest BCUT2D eigenvalue weighted by Crippen LogP contribution is -2.23. The quantitative estimate of drug-likeness (QED) is 0.284. The number of carbonyl (C=O) groups excluding carboxylic acids is 2. The Bertz CT molecular complexity index is 1080. The number of nitrogens with zero attached hydrogens (tertiary/aromatic N) is 4. The van der Waals surface area contributed by atoms with Gasteiger partial charge in [-0.3, -0.25) is 9.59 Å². The van der Waals surface area contributed by atoms with Crippen molar-refractivity contribution in [2.75, 3.05) is 27.9 Å². The number of H-pyrrole nitrogens is 1. The average molecular weight is 436 g/mol. The van der Waals surface area contributed by atoms with Crippen LogP contribution in [0.2, 0.25) is 0 Å². The van der Waals surface area contributed by atoms with Gasteiger partial charge in [0.05, 0.1) is 12.0 Å². The first-order valence-electron chi connectivity index (χ1n) is 9.77. The molecular weight excluding hydrogens is 414 g/mol. The van der Waals surface area contributed by atoms with Crippen molar-refractivity contribution in [1.82, 2.24) is 15.2 Å². The molecule has 9 nitrogen and oxygen atoms in total. The molecule has 2 amide bonds. The molecule has 1 fully saturated rings. The van der Waals surface area contributed by atoms with Gasteiger partial charge in [0.2, 0.25) is 22.9 Å². The van der Waals surface area contributed by atoms with Crippen LogP contribution in [0.3, 0.4) is 0 Å². The number of thioether (sulfide) groups is 1. The minimum Gasteiger partial charge on any atom is -0.325 e.